The van der Waals surface area contributed by atoms with Gasteiger partial charge in [-0.2, -0.15) is 13.2 Å². The SMILES string of the molecule is CC1=NN(C(C)C(F)(F)F)C=CC[P+]1(C)C. The van der Waals surface area contributed by atoms with Gasteiger partial charge < -0.3 is 0 Å². The molecule has 0 aromatic heterocycles. The van der Waals surface area contributed by atoms with E-state index in [1.165, 1.54) is 6.20 Å². The molecule has 0 aromatic rings. The molecule has 1 unspecified atom stereocenters. The number of hydrogen-bond donors (Lipinski definition) is 0. The first kappa shape index (κ1) is 13.5. The molecule has 1 heterocycles. The summed E-state index contributed by atoms with van der Waals surface area (Å²) in [6, 6.07) is -1.57. The zero-order valence-electron chi connectivity index (χ0n) is 9.91. The standard InChI is InChI=1S/C10H17F3N2P/c1-8(10(11,12)13)15-6-5-7-16(3,4)9(2)14-15/h5-6,8H,7H2,1-4H3/q+1. The molecule has 0 fully saturated rings. The highest BCUT2D eigenvalue weighted by Gasteiger charge is 2.41. The number of allylic oxidation sites excluding steroid dienone is 1. The van der Waals surface area contributed by atoms with Crippen LogP contribution in [0.3, 0.4) is 0 Å². The molecule has 1 aliphatic rings. The van der Waals surface area contributed by atoms with E-state index < -0.39 is 19.5 Å². The Bertz CT molecular complexity index is 321. The minimum Gasteiger partial charge on any atom is -0.258 e. The van der Waals surface area contributed by atoms with E-state index in [0.29, 0.717) is 0 Å². The third-order valence-electron chi connectivity index (χ3n) is 2.83. The van der Waals surface area contributed by atoms with Crippen LogP contribution in [0.25, 0.3) is 0 Å². The Morgan fingerprint density at radius 1 is 1.44 bits per heavy atom. The molecular formula is C10H17F3N2P+. The molecular weight excluding hydrogens is 236 g/mol. The van der Waals surface area contributed by atoms with Crippen LogP contribution in [0.2, 0.25) is 0 Å². The molecule has 6 heteroatoms. The average Bonchev–Trinajstić information content (AvgIpc) is 2.24. The molecule has 0 spiro atoms. The van der Waals surface area contributed by atoms with Crippen molar-refractivity contribution in [2.24, 2.45) is 5.10 Å². The van der Waals surface area contributed by atoms with E-state index in [0.717, 1.165) is 23.5 Å². The normalized spacial score (nSPS) is 22.7. The molecule has 0 aliphatic carbocycles. The van der Waals surface area contributed by atoms with Crippen LogP contribution in [-0.4, -0.2) is 42.2 Å². The number of rotatable bonds is 1. The first-order valence-corrected chi connectivity index (χ1v) is 7.92. The van der Waals surface area contributed by atoms with Crippen LogP contribution in [0, 0.1) is 0 Å². The van der Waals surface area contributed by atoms with Gasteiger partial charge in [0.15, 0.2) is 5.45 Å². The van der Waals surface area contributed by atoms with Gasteiger partial charge in [-0.05, 0) is 13.0 Å². The Morgan fingerprint density at radius 2 is 2.00 bits per heavy atom. The van der Waals surface area contributed by atoms with Crippen LogP contribution in [-0.2, 0) is 0 Å². The molecule has 2 nitrogen and oxygen atoms in total. The summed E-state index contributed by atoms with van der Waals surface area (Å²) in [7, 11) is -1.35. The Kier molecular flexibility index (Phi) is 3.68. The van der Waals surface area contributed by atoms with Crippen molar-refractivity contribution in [2.75, 3.05) is 19.5 Å². The van der Waals surface area contributed by atoms with E-state index in [-0.39, 0.29) is 0 Å². The smallest absolute Gasteiger partial charge is 0.258 e. The summed E-state index contributed by atoms with van der Waals surface area (Å²) in [5.74, 6) is 0. The van der Waals surface area contributed by atoms with Gasteiger partial charge in [-0.3, -0.25) is 5.01 Å². The lowest BCUT2D eigenvalue weighted by atomic mass is 10.3. The maximum absolute atomic E-state index is 12.6. The van der Waals surface area contributed by atoms with Crippen molar-refractivity contribution in [2.45, 2.75) is 26.1 Å². The monoisotopic (exact) mass is 253 g/mol. The van der Waals surface area contributed by atoms with Gasteiger partial charge in [0.1, 0.15) is 6.04 Å². The summed E-state index contributed by atoms with van der Waals surface area (Å²) in [6.07, 6.45) is -0.211. The molecule has 1 rings (SSSR count). The van der Waals surface area contributed by atoms with Gasteiger partial charge in [0.2, 0.25) is 0 Å². The van der Waals surface area contributed by atoms with E-state index in [1.54, 1.807) is 6.08 Å². The highest BCUT2D eigenvalue weighted by Crippen LogP contribution is 2.53. The number of halogens is 3. The molecule has 0 radical (unpaired) electrons. The van der Waals surface area contributed by atoms with Crippen molar-refractivity contribution in [1.82, 2.24) is 5.01 Å². The molecule has 1 aliphatic heterocycles. The van der Waals surface area contributed by atoms with E-state index in [2.05, 4.69) is 18.4 Å². The lowest BCUT2D eigenvalue weighted by Gasteiger charge is -2.24. The fraction of sp³-hybridized carbons (Fsp3) is 0.700. The fourth-order valence-corrected chi connectivity index (χ4v) is 2.47. The molecule has 0 N–H and O–H groups in total. The summed E-state index contributed by atoms with van der Waals surface area (Å²) >= 11 is 0. The Labute approximate surface area is 94.5 Å². The molecule has 0 saturated carbocycles. The van der Waals surface area contributed by atoms with Gasteiger partial charge in [0.25, 0.3) is 0 Å². The molecule has 0 amide bonds. The van der Waals surface area contributed by atoms with E-state index in [1.807, 2.05) is 6.92 Å². The minimum absolute atomic E-state index is 0.809. The van der Waals surface area contributed by atoms with Crippen LogP contribution in [0.4, 0.5) is 13.2 Å². The molecule has 0 saturated heterocycles. The van der Waals surface area contributed by atoms with Crippen LogP contribution < -0.4 is 0 Å². The van der Waals surface area contributed by atoms with Crippen molar-refractivity contribution < 1.29 is 13.2 Å². The minimum atomic E-state index is -4.25. The molecule has 16 heavy (non-hydrogen) atoms. The second kappa shape index (κ2) is 4.36. The largest absolute Gasteiger partial charge is 0.410 e. The fourth-order valence-electron chi connectivity index (χ4n) is 1.24. The van der Waals surface area contributed by atoms with Gasteiger partial charge >= 0.3 is 6.18 Å². The number of nitrogens with zero attached hydrogens (tertiary/aromatic N) is 2. The first-order valence-electron chi connectivity index (χ1n) is 5.05. The van der Waals surface area contributed by atoms with Crippen LogP contribution >= 0.6 is 7.26 Å². The summed E-state index contributed by atoms with van der Waals surface area (Å²) in [5, 5.41) is 5.11. The third-order valence-corrected chi connectivity index (χ3v) is 5.79. The molecule has 1 atom stereocenters. The second-order valence-corrected chi connectivity index (χ2v) is 8.88. The predicted molar refractivity (Wildman–Crippen MR) is 63.2 cm³/mol. The summed E-state index contributed by atoms with van der Waals surface area (Å²) < 4.78 is 37.7. The Balaban J connectivity index is 2.96. The summed E-state index contributed by atoms with van der Waals surface area (Å²) in [5.41, 5.74) is 0.827. The van der Waals surface area contributed by atoms with Crippen molar-refractivity contribution >= 4 is 12.7 Å². The van der Waals surface area contributed by atoms with E-state index in [9.17, 15) is 13.2 Å². The Hall–Kier alpha value is -0.570. The highest BCUT2D eigenvalue weighted by atomic mass is 31.2. The lowest BCUT2D eigenvalue weighted by Crippen LogP contribution is -2.37. The maximum atomic E-state index is 12.6. The lowest BCUT2D eigenvalue weighted by molar-refractivity contribution is -0.171. The third kappa shape index (κ3) is 2.97. The summed E-state index contributed by atoms with van der Waals surface area (Å²) in [6.45, 7) is 7.10. The second-order valence-electron chi connectivity index (χ2n) is 4.50. The van der Waals surface area contributed by atoms with Gasteiger partial charge in [-0.1, -0.05) is 0 Å². The average molecular weight is 253 g/mol. The van der Waals surface area contributed by atoms with Gasteiger partial charge in [-0.15, -0.1) is 5.10 Å². The summed E-state index contributed by atoms with van der Waals surface area (Å²) in [4.78, 5) is 0. The van der Waals surface area contributed by atoms with Crippen LogP contribution in [0.15, 0.2) is 17.4 Å². The topological polar surface area (TPSA) is 15.6 Å². The van der Waals surface area contributed by atoms with Gasteiger partial charge in [0.05, 0.1) is 26.8 Å². The molecule has 0 aromatic carbocycles. The highest BCUT2D eigenvalue weighted by molar-refractivity contribution is 7.90. The van der Waals surface area contributed by atoms with Crippen LogP contribution in [0.1, 0.15) is 13.8 Å². The predicted octanol–water partition coefficient (Wildman–Crippen LogP) is 3.38. The van der Waals surface area contributed by atoms with Gasteiger partial charge in [0, 0.05) is 13.1 Å². The molecule has 0 bridgehead atoms. The van der Waals surface area contributed by atoms with Crippen LogP contribution in [0.5, 0.6) is 0 Å². The first-order chi connectivity index (χ1) is 7.14. The maximum Gasteiger partial charge on any atom is 0.410 e. The zero-order chi connectivity index (χ0) is 12.6. The van der Waals surface area contributed by atoms with E-state index in [4.69, 9.17) is 0 Å². The van der Waals surface area contributed by atoms with Crippen molar-refractivity contribution in [1.29, 1.82) is 0 Å². The zero-order valence-corrected chi connectivity index (χ0v) is 10.8. The molecule has 92 valence electrons. The quantitative estimate of drug-likeness (QED) is 0.654. The number of alkyl halides is 3. The van der Waals surface area contributed by atoms with Gasteiger partial charge in [-0.25, -0.2) is 0 Å². The Morgan fingerprint density at radius 3 is 2.50 bits per heavy atom. The van der Waals surface area contributed by atoms with Crippen molar-refractivity contribution in [3.63, 3.8) is 0 Å². The van der Waals surface area contributed by atoms with Crippen molar-refractivity contribution in [3.8, 4) is 0 Å². The van der Waals surface area contributed by atoms with Crippen molar-refractivity contribution in [3.05, 3.63) is 12.3 Å². The number of hydrogen-bond acceptors (Lipinski definition) is 2. The van der Waals surface area contributed by atoms with E-state index >= 15 is 0 Å². The number of hydrazone groups is 1.